The molecule has 0 bridgehead atoms. The summed E-state index contributed by atoms with van der Waals surface area (Å²) in [6.45, 7) is -0.693. The van der Waals surface area contributed by atoms with E-state index >= 15 is 0 Å². The van der Waals surface area contributed by atoms with Gasteiger partial charge in [0.25, 0.3) is 10.0 Å². The van der Waals surface area contributed by atoms with Crippen molar-refractivity contribution in [1.29, 1.82) is 0 Å². The average molecular weight is 432 g/mol. The maximum absolute atomic E-state index is 12.1. The lowest BCUT2D eigenvalue weighted by Crippen LogP contribution is -2.28. The van der Waals surface area contributed by atoms with Crippen LogP contribution in [0.15, 0.2) is 65.1 Å². The molecule has 11 heteroatoms. The number of amides is 2. The molecule has 3 rings (SSSR count). The number of carboxylic acid groups (broad SMARTS) is 1. The van der Waals surface area contributed by atoms with Crippen LogP contribution in [0.25, 0.3) is 10.4 Å². The van der Waals surface area contributed by atoms with Crippen LogP contribution < -0.4 is 15.4 Å². The Hall–Kier alpha value is -3.28. The van der Waals surface area contributed by atoms with Gasteiger partial charge in [-0.25, -0.2) is 13.2 Å². The average Bonchev–Trinajstić information content (AvgIpc) is 3.19. The van der Waals surface area contributed by atoms with Gasteiger partial charge < -0.3 is 15.7 Å². The molecule has 2 amide bonds. The van der Waals surface area contributed by atoms with Crippen LogP contribution >= 0.6 is 11.3 Å². The molecule has 150 valence electrons. The molecule has 0 saturated carbocycles. The van der Waals surface area contributed by atoms with Crippen molar-refractivity contribution < 1.29 is 23.1 Å². The summed E-state index contributed by atoms with van der Waals surface area (Å²) in [6.07, 6.45) is 3.11. The molecule has 2 aromatic heterocycles. The molecule has 1 aromatic carbocycles. The lowest BCUT2D eigenvalue weighted by Gasteiger charge is -2.08. The van der Waals surface area contributed by atoms with E-state index in [4.69, 9.17) is 5.11 Å². The Kier molecular flexibility index (Phi) is 6.22. The minimum Gasteiger partial charge on any atom is -0.480 e. The number of aliphatic carboxylic acids is 1. The minimum absolute atomic E-state index is 0.00133. The Bertz CT molecular complexity index is 1130. The monoisotopic (exact) mass is 432 g/mol. The van der Waals surface area contributed by atoms with Gasteiger partial charge in [-0.2, -0.15) is 4.72 Å². The number of aromatic nitrogens is 1. The highest BCUT2D eigenvalue weighted by atomic mass is 32.2. The maximum Gasteiger partial charge on any atom is 0.323 e. The van der Waals surface area contributed by atoms with Gasteiger partial charge >= 0.3 is 12.0 Å². The lowest BCUT2D eigenvalue weighted by atomic mass is 10.1. The van der Waals surface area contributed by atoms with Gasteiger partial charge in [0.15, 0.2) is 0 Å². The predicted octanol–water partition coefficient (Wildman–Crippen LogP) is 2.82. The largest absolute Gasteiger partial charge is 0.480 e. The van der Waals surface area contributed by atoms with E-state index in [1.165, 1.54) is 12.3 Å². The molecular formula is C18H16N4O5S2. The zero-order valence-corrected chi connectivity index (χ0v) is 16.5. The normalized spacial score (nSPS) is 11.0. The number of nitrogens with one attached hydrogen (secondary N) is 3. The van der Waals surface area contributed by atoms with Gasteiger partial charge in [-0.3, -0.25) is 9.78 Å². The Morgan fingerprint density at radius 2 is 1.79 bits per heavy atom. The number of anilines is 2. The van der Waals surface area contributed by atoms with Gasteiger partial charge in [0.05, 0.1) is 11.9 Å². The van der Waals surface area contributed by atoms with Gasteiger partial charge in [0, 0.05) is 16.8 Å². The third kappa shape index (κ3) is 5.60. The second-order valence-electron chi connectivity index (χ2n) is 5.74. The molecule has 0 atom stereocenters. The highest BCUT2D eigenvalue weighted by molar-refractivity contribution is 7.91. The van der Waals surface area contributed by atoms with Crippen molar-refractivity contribution in [1.82, 2.24) is 9.71 Å². The predicted molar refractivity (Wildman–Crippen MR) is 109 cm³/mol. The Morgan fingerprint density at radius 1 is 1.03 bits per heavy atom. The Morgan fingerprint density at radius 3 is 2.52 bits per heavy atom. The first-order valence-corrected chi connectivity index (χ1v) is 10.5. The number of nitrogens with zero attached hydrogens (tertiary/aromatic N) is 1. The van der Waals surface area contributed by atoms with Crippen LogP contribution in [0.3, 0.4) is 0 Å². The molecule has 9 nitrogen and oxygen atoms in total. The highest BCUT2D eigenvalue weighted by Gasteiger charge is 2.18. The summed E-state index contributed by atoms with van der Waals surface area (Å²) < 4.78 is 26.3. The first kappa shape index (κ1) is 20.5. The quantitative estimate of drug-likeness (QED) is 0.453. The van der Waals surface area contributed by atoms with Crippen molar-refractivity contribution >= 4 is 44.7 Å². The number of thiophene rings is 1. The summed E-state index contributed by atoms with van der Waals surface area (Å²) in [4.78, 5) is 27.3. The van der Waals surface area contributed by atoms with Crippen LogP contribution in [0.5, 0.6) is 0 Å². The number of carboxylic acids is 1. The SMILES string of the molecule is O=C(O)CNS(=O)(=O)c1ccc(-c2cccc(NC(=O)Nc3cccnc3)c2)s1. The summed E-state index contributed by atoms with van der Waals surface area (Å²) in [5, 5.41) is 14.0. The molecular weight excluding hydrogens is 416 g/mol. The summed E-state index contributed by atoms with van der Waals surface area (Å²) in [6, 6.07) is 12.9. The summed E-state index contributed by atoms with van der Waals surface area (Å²) >= 11 is 0.995. The fourth-order valence-corrected chi connectivity index (χ4v) is 4.65. The van der Waals surface area contributed by atoms with Crippen molar-refractivity contribution in [2.45, 2.75) is 4.21 Å². The van der Waals surface area contributed by atoms with Crippen LogP contribution in [0.2, 0.25) is 0 Å². The smallest absolute Gasteiger partial charge is 0.323 e. The highest BCUT2D eigenvalue weighted by Crippen LogP contribution is 2.32. The molecule has 0 fully saturated rings. The van der Waals surface area contributed by atoms with E-state index in [1.807, 2.05) is 4.72 Å². The lowest BCUT2D eigenvalue weighted by molar-refractivity contribution is -0.135. The second-order valence-corrected chi connectivity index (χ2v) is 8.82. The van der Waals surface area contributed by atoms with Crippen molar-refractivity contribution in [3.05, 3.63) is 60.9 Å². The maximum atomic E-state index is 12.1. The molecule has 3 aromatic rings. The van der Waals surface area contributed by atoms with Crippen molar-refractivity contribution in [3.8, 4) is 10.4 Å². The second kappa shape index (κ2) is 8.82. The van der Waals surface area contributed by atoms with Crippen molar-refractivity contribution in [2.24, 2.45) is 0 Å². The summed E-state index contributed by atoms with van der Waals surface area (Å²) in [5.41, 5.74) is 1.77. The van der Waals surface area contributed by atoms with E-state index in [9.17, 15) is 18.0 Å². The van der Waals surface area contributed by atoms with Crippen LogP contribution in [0.1, 0.15) is 0 Å². The summed E-state index contributed by atoms with van der Waals surface area (Å²) in [7, 11) is -3.90. The van der Waals surface area contributed by atoms with Gasteiger partial charge in [-0.05, 0) is 42.0 Å². The van der Waals surface area contributed by atoms with E-state index in [2.05, 4.69) is 15.6 Å². The van der Waals surface area contributed by atoms with Gasteiger partial charge in [0.2, 0.25) is 0 Å². The van der Waals surface area contributed by atoms with Gasteiger partial charge in [0.1, 0.15) is 10.8 Å². The molecule has 0 aliphatic carbocycles. The van der Waals surface area contributed by atoms with Crippen LogP contribution in [0, 0.1) is 0 Å². The molecule has 0 aliphatic rings. The first-order valence-electron chi connectivity index (χ1n) is 8.23. The molecule has 0 saturated heterocycles. The van der Waals surface area contributed by atoms with E-state index < -0.39 is 28.6 Å². The van der Waals surface area contributed by atoms with Crippen LogP contribution in [0.4, 0.5) is 16.2 Å². The van der Waals surface area contributed by atoms with Gasteiger partial charge in [-0.15, -0.1) is 11.3 Å². The zero-order chi connectivity index (χ0) is 20.9. The van der Waals surface area contributed by atoms with Crippen LogP contribution in [-0.2, 0) is 14.8 Å². The molecule has 0 spiro atoms. The third-order valence-corrected chi connectivity index (χ3v) is 6.61. The first-order chi connectivity index (χ1) is 13.8. The molecule has 29 heavy (non-hydrogen) atoms. The molecule has 0 radical (unpaired) electrons. The Labute approximate surface area is 170 Å². The fraction of sp³-hybridized carbons (Fsp3) is 0.0556. The molecule has 2 heterocycles. The number of urea groups is 1. The van der Waals surface area contributed by atoms with E-state index in [0.29, 0.717) is 21.8 Å². The number of carbonyl (C=O) groups excluding carboxylic acids is 1. The standard InChI is InChI=1S/C18H16N4O5S2/c23-16(24)11-20-29(26,27)17-7-6-15(28-17)12-3-1-4-13(9-12)21-18(25)22-14-5-2-8-19-10-14/h1-10,20H,11H2,(H,23,24)(H2,21,22,25). The zero-order valence-electron chi connectivity index (χ0n) is 14.8. The van der Waals surface area contributed by atoms with E-state index in [-0.39, 0.29) is 4.21 Å². The number of sulfonamides is 1. The van der Waals surface area contributed by atoms with Crippen molar-refractivity contribution in [3.63, 3.8) is 0 Å². The number of hydrogen-bond donors (Lipinski definition) is 4. The molecule has 4 N–H and O–H groups in total. The number of pyridine rings is 1. The summed E-state index contributed by atoms with van der Waals surface area (Å²) in [5.74, 6) is -1.27. The number of carbonyl (C=O) groups is 2. The van der Waals surface area contributed by atoms with Crippen LogP contribution in [-0.4, -0.2) is 37.1 Å². The van der Waals surface area contributed by atoms with E-state index in [0.717, 1.165) is 11.3 Å². The Balaban J connectivity index is 1.72. The number of rotatable bonds is 7. The number of hydrogen-bond acceptors (Lipinski definition) is 6. The third-order valence-electron chi connectivity index (χ3n) is 3.58. The molecule has 0 unspecified atom stereocenters. The topological polar surface area (TPSA) is 137 Å². The van der Waals surface area contributed by atoms with Crippen molar-refractivity contribution in [2.75, 3.05) is 17.2 Å². The van der Waals surface area contributed by atoms with E-state index in [1.54, 1.807) is 48.7 Å². The fourth-order valence-electron chi connectivity index (χ4n) is 2.33. The van der Waals surface area contributed by atoms with Gasteiger partial charge in [-0.1, -0.05) is 12.1 Å². The number of benzene rings is 1. The minimum atomic E-state index is -3.90. The molecule has 0 aliphatic heterocycles.